The minimum Gasteiger partial charge on any atom is -0.494 e. The fraction of sp³-hybridized carbons (Fsp3) is 0.708. The van der Waals surface area contributed by atoms with E-state index in [2.05, 4.69) is 60.2 Å². The third-order valence-corrected chi connectivity index (χ3v) is 15.4. The number of unbranched alkanes of at least 4 members (excludes halogenated alkanes) is 6. The van der Waals surface area contributed by atoms with Gasteiger partial charge in [-0.2, -0.15) is 0 Å². The van der Waals surface area contributed by atoms with Crippen LogP contribution in [0.2, 0.25) is 0 Å². The number of aryl methyl sites for hydroxylation is 1. The van der Waals surface area contributed by atoms with Crippen LogP contribution in [0.3, 0.4) is 0 Å². The average Bonchev–Trinajstić information content (AvgIpc) is 3.77. The van der Waals surface area contributed by atoms with Crippen LogP contribution in [0.5, 0.6) is 5.75 Å². The minimum absolute atomic E-state index is 0.0299. The summed E-state index contributed by atoms with van der Waals surface area (Å²) in [6, 6.07) is 7.56. The Labute approximate surface area is 337 Å². The Morgan fingerprint density at radius 1 is 0.875 bits per heavy atom. The molecule has 0 amide bonds. The molecule has 3 aromatic rings. The zero-order chi connectivity index (χ0) is 39.3. The summed E-state index contributed by atoms with van der Waals surface area (Å²) in [5.41, 5.74) is 10.4. The molecule has 3 saturated carbocycles. The van der Waals surface area contributed by atoms with Crippen molar-refractivity contribution in [2.75, 3.05) is 12.3 Å². The van der Waals surface area contributed by atoms with E-state index in [1.54, 1.807) is 5.57 Å². The van der Waals surface area contributed by atoms with Gasteiger partial charge in [-0.3, -0.25) is 0 Å². The SMILES string of the molecule is CC(C)CCC[C@@H](C)[C@H]1CC[C@H]2[C@@H]3CC=C4C[C@@H](OC(=O)c5ccc(OCCCCCCCCCn6cnc7c(N)ncnc76)cc5)CC[C@]4(C)[C@H]3CC[C@]12C. The number of ether oxygens (including phenoxy) is 2. The molecule has 4 aliphatic rings. The van der Waals surface area contributed by atoms with Crippen LogP contribution in [-0.4, -0.2) is 38.2 Å². The largest absolute Gasteiger partial charge is 0.494 e. The maximum Gasteiger partial charge on any atom is 0.338 e. The van der Waals surface area contributed by atoms with Gasteiger partial charge in [0.2, 0.25) is 0 Å². The molecule has 2 N–H and O–H groups in total. The summed E-state index contributed by atoms with van der Waals surface area (Å²) in [4.78, 5) is 26.0. The Morgan fingerprint density at radius 2 is 1.64 bits per heavy atom. The summed E-state index contributed by atoms with van der Waals surface area (Å²) in [6.07, 6.45) is 28.1. The molecule has 0 radical (unpaired) electrons. The van der Waals surface area contributed by atoms with Crippen molar-refractivity contribution < 1.29 is 14.3 Å². The second-order valence-corrected chi connectivity index (χ2v) is 19.3. The van der Waals surface area contributed by atoms with Crippen LogP contribution in [0.25, 0.3) is 11.2 Å². The molecule has 56 heavy (non-hydrogen) atoms. The number of aromatic nitrogens is 4. The maximum atomic E-state index is 13.3. The molecule has 0 aliphatic heterocycles. The van der Waals surface area contributed by atoms with Gasteiger partial charge in [-0.25, -0.2) is 19.7 Å². The third-order valence-electron chi connectivity index (χ3n) is 15.4. The Hall–Kier alpha value is -3.42. The molecule has 0 unspecified atom stereocenters. The molecule has 306 valence electrons. The van der Waals surface area contributed by atoms with Gasteiger partial charge >= 0.3 is 5.97 Å². The Balaban J connectivity index is 0.795. The predicted octanol–water partition coefficient (Wildman–Crippen LogP) is 11.8. The summed E-state index contributed by atoms with van der Waals surface area (Å²) in [7, 11) is 0. The van der Waals surface area contributed by atoms with Crippen molar-refractivity contribution in [1.82, 2.24) is 19.5 Å². The van der Waals surface area contributed by atoms with Gasteiger partial charge in [0.05, 0.1) is 18.5 Å². The predicted molar refractivity (Wildman–Crippen MR) is 226 cm³/mol. The molecule has 8 nitrogen and oxygen atoms in total. The standard InChI is InChI=1S/C48H71N5O3/c1-33(2)14-13-15-34(3)40-22-23-41-39-21-18-36-30-38(24-26-47(36,4)42(39)25-27-48(40,41)5)56-46(54)35-16-19-37(20-17-35)55-29-12-10-8-6-7-9-11-28-53-32-52-43-44(49)50-31-51-45(43)53/h16-20,31-34,38-42H,6-15,21-30H2,1-5H3,(H2,49,50,51)/t34-,38+,39+,40-,41+,42+,47+,48-/m1/s1. The molecule has 2 heterocycles. The van der Waals surface area contributed by atoms with Crippen molar-refractivity contribution in [2.24, 2.45) is 46.3 Å². The number of hydrogen-bond donors (Lipinski definition) is 1. The van der Waals surface area contributed by atoms with Crippen LogP contribution in [-0.2, 0) is 11.3 Å². The maximum absolute atomic E-state index is 13.3. The lowest BCUT2D eigenvalue weighted by Gasteiger charge is -2.58. The van der Waals surface area contributed by atoms with Gasteiger partial charge in [-0.15, -0.1) is 0 Å². The topological polar surface area (TPSA) is 105 Å². The van der Waals surface area contributed by atoms with Crippen LogP contribution in [0.15, 0.2) is 48.6 Å². The van der Waals surface area contributed by atoms with Crippen LogP contribution >= 0.6 is 0 Å². The zero-order valence-corrected chi connectivity index (χ0v) is 35.3. The molecule has 0 spiro atoms. The number of hydrogen-bond acceptors (Lipinski definition) is 7. The summed E-state index contributed by atoms with van der Waals surface area (Å²) < 4.78 is 14.3. The lowest BCUT2D eigenvalue weighted by molar-refractivity contribution is -0.0594. The van der Waals surface area contributed by atoms with E-state index in [9.17, 15) is 4.79 Å². The normalized spacial score (nSPS) is 29.0. The monoisotopic (exact) mass is 766 g/mol. The smallest absolute Gasteiger partial charge is 0.338 e. The number of nitrogens with two attached hydrogens (primary N) is 1. The molecule has 8 heteroatoms. The number of rotatable bonds is 18. The molecule has 4 aliphatic carbocycles. The number of nitrogen functional groups attached to an aromatic ring is 1. The van der Waals surface area contributed by atoms with E-state index < -0.39 is 0 Å². The van der Waals surface area contributed by atoms with Crippen LogP contribution in [0.1, 0.15) is 161 Å². The van der Waals surface area contributed by atoms with Crippen molar-refractivity contribution in [3.63, 3.8) is 0 Å². The number of anilines is 1. The highest BCUT2D eigenvalue weighted by Gasteiger charge is 2.59. The first kappa shape index (κ1) is 40.8. The van der Waals surface area contributed by atoms with Crippen molar-refractivity contribution in [2.45, 2.75) is 163 Å². The fourth-order valence-corrected chi connectivity index (χ4v) is 12.2. The lowest BCUT2D eigenvalue weighted by atomic mass is 9.47. The van der Waals surface area contributed by atoms with E-state index >= 15 is 0 Å². The van der Waals surface area contributed by atoms with E-state index in [0.717, 1.165) is 92.0 Å². The number of allylic oxidation sites excluding steroid dienone is 1. The highest BCUT2D eigenvalue weighted by Crippen LogP contribution is 2.67. The first-order valence-corrected chi connectivity index (χ1v) is 22.6. The van der Waals surface area contributed by atoms with Gasteiger partial charge in [0.1, 0.15) is 23.7 Å². The highest BCUT2D eigenvalue weighted by atomic mass is 16.5. The van der Waals surface area contributed by atoms with Gasteiger partial charge < -0.3 is 19.8 Å². The number of carbonyl (C=O) groups is 1. The summed E-state index contributed by atoms with van der Waals surface area (Å²) >= 11 is 0. The van der Waals surface area contributed by atoms with Crippen molar-refractivity contribution in [1.29, 1.82) is 0 Å². The molecule has 0 saturated heterocycles. The molecule has 0 bridgehead atoms. The van der Waals surface area contributed by atoms with Gasteiger partial charge in [0, 0.05) is 13.0 Å². The Kier molecular flexibility index (Phi) is 13.1. The highest BCUT2D eigenvalue weighted by molar-refractivity contribution is 5.89. The van der Waals surface area contributed by atoms with Crippen molar-refractivity contribution in [3.8, 4) is 5.75 Å². The van der Waals surface area contributed by atoms with Gasteiger partial charge in [0.15, 0.2) is 11.5 Å². The number of esters is 1. The van der Waals surface area contributed by atoms with E-state index in [1.807, 2.05) is 30.6 Å². The Bertz CT molecular complexity index is 1780. The molecule has 8 atom stereocenters. The number of nitrogens with zero attached hydrogens (tertiary/aromatic N) is 4. The van der Waals surface area contributed by atoms with Crippen LogP contribution < -0.4 is 10.5 Å². The first-order valence-electron chi connectivity index (χ1n) is 22.6. The van der Waals surface area contributed by atoms with Gasteiger partial charge in [0.25, 0.3) is 0 Å². The third kappa shape index (κ3) is 8.84. The molecular weight excluding hydrogens is 695 g/mol. The molecular formula is C48H71N5O3. The van der Waals surface area contributed by atoms with E-state index in [4.69, 9.17) is 15.2 Å². The van der Waals surface area contributed by atoms with E-state index in [-0.39, 0.29) is 17.5 Å². The lowest BCUT2D eigenvalue weighted by Crippen LogP contribution is -2.51. The fourth-order valence-electron chi connectivity index (χ4n) is 12.2. The molecule has 1 aromatic carbocycles. The summed E-state index contributed by atoms with van der Waals surface area (Å²) in [5, 5.41) is 0. The quantitative estimate of drug-likeness (QED) is 0.0781. The minimum atomic E-state index is -0.204. The second kappa shape index (κ2) is 18.0. The van der Waals surface area contributed by atoms with Gasteiger partial charge in [-0.1, -0.05) is 97.6 Å². The van der Waals surface area contributed by atoms with Crippen LogP contribution in [0.4, 0.5) is 5.82 Å². The zero-order valence-electron chi connectivity index (χ0n) is 35.3. The molecule has 2 aromatic heterocycles. The van der Waals surface area contributed by atoms with Crippen molar-refractivity contribution in [3.05, 3.63) is 54.1 Å². The average molecular weight is 766 g/mol. The van der Waals surface area contributed by atoms with E-state index in [0.29, 0.717) is 28.9 Å². The molecule has 3 fully saturated rings. The number of carbonyl (C=O) groups excluding carboxylic acids is 1. The first-order chi connectivity index (χ1) is 27.1. The van der Waals surface area contributed by atoms with E-state index in [1.165, 1.54) is 83.4 Å². The Morgan fingerprint density at radius 3 is 2.43 bits per heavy atom. The van der Waals surface area contributed by atoms with Gasteiger partial charge in [-0.05, 0) is 128 Å². The summed E-state index contributed by atoms with van der Waals surface area (Å²) in [6.45, 7) is 14.2. The number of benzene rings is 1. The molecule has 7 rings (SSSR count). The number of imidazole rings is 1. The van der Waals surface area contributed by atoms with Crippen LogP contribution in [0, 0.1) is 46.3 Å². The summed E-state index contributed by atoms with van der Waals surface area (Å²) in [5.74, 6) is 6.08. The number of fused-ring (bicyclic) bond motifs is 6. The second-order valence-electron chi connectivity index (χ2n) is 19.3. The van der Waals surface area contributed by atoms with Crippen molar-refractivity contribution >= 4 is 23.0 Å².